The molecule has 85 heavy (non-hydrogen) atoms. The fraction of sp³-hybridized carbons (Fsp3) is 0.733. The van der Waals surface area contributed by atoms with Crippen LogP contribution < -0.4 is 5.73 Å². The molecule has 0 spiro atoms. The number of carbonyl (C=O) groups is 2. The fourth-order valence-corrected chi connectivity index (χ4v) is 10.7. The highest BCUT2D eigenvalue weighted by Crippen LogP contribution is 2.43. The minimum atomic E-state index is -4.40. The molecule has 0 aliphatic heterocycles. The van der Waals surface area contributed by atoms with Crippen molar-refractivity contribution in [1.82, 2.24) is 0 Å². The number of nitrogens with two attached hydrogens (primary N) is 1. The quantitative estimate of drug-likeness (QED) is 0.0264. The third-order valence-corrected chi connectivity index (χ3v) is 16.1. The maximum atomic E-state index is 12.8. The molecular formula is C75H132NO8P. The normalized spacial score (nSPS) is 13.6. The predicted octanol–water partition coefficient (Wildman–Crippen LogP) is 23.3. The maximum absolute atomic E-state index is 12.8. The second-order valence-electron chi connectivity index (χ2n) is 23.4. The Bertz CT molecular complexity index is 1760. The zero-order valence-electron chi connectivity index (χ0n) is 55.1. The Hall–Kier alpha value is -3.33. The molecule has 9 nitrogen and oxygen atoms in total. The predicted molar refractivity (Wildman–Crippen MR) is 367 cm³/mol. The van der Waals surface area contributed by atoms with E-state index in [2.05, 4.69) is 123 Å². The van der Waals surface area contributed by atoms with Crippen molar-refractivity contribution in [1.29, 1.82) is 0 Å². The second-order valence-corrected chi connectivity index (χ2v) is 24.8. The summed E-state index contributed by atoms with van der Waals surface area (Å²) in [7, 11) is -4.40. The van der Waals surface area contributed by atoms with E-state index in [1.54, 1.807) is 0 Å². The van der Waals surface area contributed by atoms with Gasteiger partial charge in [0.2, 0.25) is 0 Å². The van der Waals surface area contributed by atoms with E-state index in [4.69, 9.17) is 24.3 Å². The molecule has 0 aromatic rings. The number of ether oxygens (including phenoxy) is 2. The molecule has 0 aromatic heterocycles. The molecular weight excluding hydrogens is 1070 g/mol. The van der Waals surface area contributed by atoms with Crippen molar-refractivity contribution >= 4 is 19.8 Å². The summed E-state index contributed by atoms with van der Waals surface area (Å²) < 4.78 is 33.2. The third kappa shape index (κ3) is 69.6. The third-order valence-electron chi connectivity index (χ3n) is 15.1. The summed E-state index contributed by atoms with van der Waals surface area (Å²) in [6.07, 6.45) is 96.2. The lowest BCUT2D eigenvalue weighted by atomic mass is 10.0. The van der Waals surface area contributed by atoms with E-state index in [0.29, 0.717) is 6.42 Å². The zero-order chi connectivity index (χ0) is 61.6. The number of hydrogen-bond donors (Lipinski definition) is 2. The summed E-state index contributed by atoms with van der Waals surface area (Å²) in [5, 5.41) is 0. The van der Waals surface area contributed by atoms with Crippen molar-refractivity contribution in [2.24, 2.45) is 5.73 Å². The first-order valence-electron chi connectivity index (χ1n) is 35.4. The van der Waals surface area contributed by atoms with Crippen LogP contribution in [0, 0.1) is 0 Å². The number of phosphoric acid groups is 1. The van der Waals surface area contributed by atoms with Crippen molar-refractivity contribution < 1.29 is 37.6 Å². The maximum Gasteiger partial charge on any atom is 0.472 e. The molecule has 2 atom stereocenters. The highest BCUT2D eigenvalue weighted by Gasteiger charge is 2.26. The molecule has 0 heterocycles. The fourth-order valence-electron chi connectivity index (χ4n) is 9.94. The Morgan fingerprint density at radius 3 is 0.965 bits per heavy atom. The Labute approximate surface area is 524 Å². The van der Waals surface area contributed by atoms with Gasteiger partial charge in [0.1, 0.15) is 6.61 Å². The smallest absolute Gasteiger partial charge is 0.462 e. The van der Waals surface area contributed by atoms with Crippen LogP contribution in [0.15, 0.2) is 109 Å². The van der Waals surface area contributed by atoms with Gasteiger partial charge in [0.25, 0.3) is 0 Å². The zero-order valence-corrected chi connectivity index (χ0v) is 56.0. The Morgan fingerprint density at radius 2 is 0.647 bits per heavy atom. The monoisotopic (exact) mass is 1210 g/mol. The summed E-state index contributed by atoms with van der Waals surface area (Å²) in [4.78, 5) is 35.3. The number of rotatable bonds is 66. The Morgan fingerprint density at radius 1 is 0.365 bits per heavy atom. The number of allylic oxidation sites excluding steroid dienone is 18. The van der Waals surface area contributed by atoms with E-state index in [0.717, 1.165) is 103 Å². The van der Waals surface area contributed by atoms with Crippen LogP contribution in [-0.2, 0) is 32.7 Å². The summed E-state index contributed by atoms with van der Waals surface area (Å²) in [6, 6.07) is 0. The highest BCUT2D eigenvalue weighted by molar-refractivity contribution is 7.47. The van der Waals surface area contributed by atoms with Gasteiger partial charge in [-0.05, 0) is 103 Å². The van der Waals surface area contributed by atoms with Crippen molar-refractivity contribution in [2.45, 2.75) is 328 Å². The first kappa shape index (κ1) is 81.7. The molecule has 3 N–H and O–H groups in total. The van der Waals surface area contributed by atoms with E-state index in [-0.39, 0.29) is 38.6 Å². The SMILES string of the molecule is CC/C=C\C/C=C\C/C=C\C/C=C\C/C=C\C/C=C\CCCCCCCCCCCCCCCCCCCCCCCCC(=O)OC(COC(=O)CCCCCCCCCC/C=C\C/C=C\C/C=C\CCCCCCC)COP(=O)(O)OCCN. The topological polar surface area (TPSA) is 134 Å². The first-order valence-corrected chi connectivity index (χ1v) is 36.9. The second kappa shape index (κ2) is 69.8. The van der Waals surface area contributed by atoms with E-state index < -0.39 is 26.5 Å². The van der Waals surface area contributed by atoms with Crippen molar-refractivity contribution in [2.75, 3.05) is 26.4 Å². The van der Waals surface area contributed by atoms with Crippen LogP contribution in [0.25, 0.3) is 0 Å². The lowest BCUT2D eigenvalue weighted by Crippen LogP contribution is -2.29. The van der Waals surface area contributed by atoms with E-state index in [9.17, 15) is 19.0 Å². The van der Waals surface area contributed by atoms with Crippen LogP contribution in [0.3, 0.4) is 0 Å². The van der Waals surface area contributed by atoms with Gasteiger partial charge in [0.05, 0.1) is 13.2 Å². The van der Waals surface area contributed by atoms with Crippen LogP contribution in [0.1, 0.15) is 322 Å². The van der Waals surface area contributed by atoms with Gasteiger partial charge in [-0.2, -0.15) is 0 Å². The molecule has 0 radical (unpaired) electrons. The largest absolute Gasteiger partial charge is 0.472 e. The van der Waals surface area contributed by atoms with Crippen LogP contribution in [0.5, 0.6) is 0 Å². The van der Waals surface area contributed by atoms with Gasteiger partial charge in [-0.1, -0.05) is 316 Å². The number of phosphoric ester groups is 1. The van der Waals surface area contributed by atoms with Crippen LogP contribution in [0.2, 0.25) is 0 Å². The Balaban J connectivity index is 3.83. The van der Waals surface area contributed by atoms with Gasteiger partial charge in [0, 0.05) is 19.4 Å². The van der Waals surface area contributed by atoms with Crippen molar-refractivity contribution in [3.05, 3.63) is 109 Å². The molecule has 0 saturated carbocycles. The van der Waals surface area contributed by atoms with Crippen molar-refractivity contribution in [3.63, 3.8) is 0 Å². The standard InChI is InChI=1S/C75H132NO8P/c1-3-5-7-9-11-13-15-17-19-21-23-25-27-28-29-30-31-32-33-34-35-36-37-38-39-40-41-42-43-44-46-48-50-52-54-56-58-60-62-64-66-68-75(78)84-73(72-83-85(79,80)82-70-69-76)71-81-74(77)67-65-63-61-59-57-55-53-51-49-47-45-26-24-22-20-18-16-14-12-10-8-6-4-2/h5,7,11,13,16-19,22-25,28-29,31-32,45,47,73H,3-4,6,8-10,12,14-15,20-21,26-27,30,33-44,46,48-72,76H2,1-2H3,(H,79,80)/b7-5-,13-11-,18-16-,19-17-,24-22-,25-23-,29-28-,32-31-,47-45-. The molecule has 0 fully saturated rings. The van der Waals surface area contributed by atoms with Gasteiger partial charge in [-0.25, -0.2) is 4.57 Å². The highest BCUT2D eigenvalue weighted by atomic mass is 31.2. The molecule has 0 aliphatic rings. The summed E-state index contributed by atoms with van der Waals surface area (Å²) in [5.41, 5.74) is 5.40. The number of carbonyl (C=O) groups excluding carboxylic acids is 2. The molecule has 0 aliphatic carbocycles. The van der Waals surface area contributed by atoms with Crippen LogP contribution >= 0.6 is 7.82 Å². The molecule has 0 bridgehead atoms. The number of esters is 2. The minimum absolute atomic E-state index is 0.0501. The number of unbranched alkanes of at least 4 members (excludes halogenated alkanes) is 35. The first-order chi connectivity index (χ1) is 41.8. The van der Waals surface area contributed by atoms with Crippen LogP contribution in [0.4, 0.5) is 0 Å². The van der Waals surface area contributed by atoms with E-state index in [1.165, 1.54) is 186 Å². The molecule has 2 unspecified atom stereocenters. The summed E-state index contributed by atoms with van der Waals surface area (Å²) in [5.74, 6) is -0.827. The van der Waals surface area contributed by atoms with Gasteiger partial charge in [-0.15, -0.1) is 0 Å². The molecule has 10 heteroatoms. The van der Waals surface area contributed by atoms with Gasteiger partial charge in [0.15, 0.2) is 6.10 Å². The van der Waals surface area contributed by atoms with Crippen molar-refractivity contribution in [3.8, 4) is 0 Å². The molecule has 0 aromatic carbocycles. The Kier molecular flexibility index (Phi) is 67.0. The lowest BCUT2D eigenvalue weighted by molar-refractivity contribution is -0.161. The molecule has 0 rings (SSSR count). The van der Waals surface area contributed by atoms with Gasteiger partial charge in [-0.3, -0.25) is 18.6 Å². The molecule has 0 amide bonds. The summed E-state index contributed by atoms with van der Waals surface area (Å²) >= 11 is 0. The summed E-state index contributed by atoms with van der Waals surface area (Å²) in [6.45, 7) is 3.64. The molecule has 490 valence electrons. The van der Waals surface area contributed by atoms with Gasteiger partial charge >= 0.3 is 19.8 Å². The van der Waals surface area contributed by atoms with E-state index >= 15 is 0 Å². The molecule has 0 saturated heterocycles. The average Bonchev–Trinajstić information content (AvgIpc) is 3.52. The lowest BCUT2D eigenvalue weighted by Gasteiger charge is -2.19. The minimum Gasteiger partial charge on any atom is -0.462 e. The number of hydrogen-bond acceptors (Lipinski definition) is 8. The van der Waals surface area contributed by atoms with Gasteiger partial charge < -0.3 is 20.1 Å². The average molecular weight is 1210 g/mol. The van der Waals surface area contributed by atoms with Crippen LogP contribution in [-0.4, -0.2) is 49.3 Å². The van der Waals surface area contributed by atoms with E-state index in [1.807, 2.05) is 0 Å².